The third-order valence-corrected chi connectivity index (χ3v) is 2.76. The highest BCUT2D eigenvalue weighted by Gasteiger charge is 2.00. The fraction of sp³-hybridized carbons (Fsp3) is 0.571. The van der Waals surface area contributed by atoms with Crippen LogP contribution < -0.4 is 16.4 Å². The number of anilines is 2. The number of hydrogen-bond acceptors (Lipinski definition) is 4. The summed E-state index contributed by atoms with van der Waals surface area (Å²) in [6.07, 6.45) is 3.43. The number of aromatic nitrogens is 1. The molecule has 0 saturated heterocycles. The third-order valence-electron chi connectivity index (χ3n) is 2.76. The van der Waals surface area contributed by atoms with E-state index in [9.17, 15) is 4.79 Å². The fourth-order valence-corrected chi connectivity index (χ4v) is 1.71. The highest BCUT2D eigenvalue weighted by Crippen LogP contribution is 2.14. The summed E-state index contributed by atoms with van der Waals surface area (Å²) < 4.78 is 0. The van der Waals surface area contributed by atoms with Gasteiger partial charge in [0, 0.05) is 25.2 Å². The molecule has 0 aromatic carbocycles. The highest BCUT2D eigenvalue weighted by atomic mass is 16.1. The summed E-state index contributed by atoms with van der Waals surface area (Å²) in [6.45, 7) is 5.48. The molecule has 0 aliphatic carbocycles. The van der Waals surface area contributed by atoms with Crippen LogP contribution in [0.2, 0.25) is 0 Å². The minimum absolute atomic E-state index is 0.139. The van der Waals surface area contributed by atoms with Crippen LogP contribution in [0.25, 0.3) is 0 Å². The first-order valence-electron chi connectivity index (χ1n) is 6.87. The van der Waals surface area contributed by atoms with E-state index in [-0.39, 0.29) is 5.91 Å². The summed E-state index contributed by atoms with van der Waals surface area (Å²) in [5.41, 5.74) is 7.44. The number of amides is 1. The zero-order chi connectivity index (χ0) is 14.1. The van der Waals surface area contributed by atoms with Crippen molar-refractivity contribution < 1.29 is 4.79 Å². The lowest BCUT2D eigenvalue weighted by molar-refractivity contribution is -0.121. The van der Waals surface area contributed by atoms with Gasteiger partial charge < -0.3 is 16.4 Å². The molecule has 0 atom stereocenters. The van der Waals surface area contributed by atoms with Crippen LogP contribution in [0, 0.1) is 6.92 Å². The van der Waals surface area contributed by atoms with Crippen molar-refractivity contribution in [3.05, 3.63) is 17.8 Å². The van der Waals surface area contributed by atoms with Crippen LogP contribution in [0.3, 0.4) is 0 Å². The molecule has 19 heavy (non-hydrogen) atoms. The summed E-state index contributed by atoms with van der Waals surface area (Å²) in [5.74, 6) is 0.884. The van der Waals surface area contributed by atoms with Crippen molar-refractivity contribution in [3.63, 3.8) is 0 Å². The molecule has 0 aliphatic rings. The molecule has 0 spiro atoms. The molecule has 5 nitrogen and oxygen atoms in total. The van der Waals surface area contributed by atoms with Gasteiger partial charge in [-0.15, -0.1) is 0 Å². The maximum atomic E-state index is 11.2. The number of nitrogens with zero attached hydrogens (tertiary/aromatic N) is 1. The second-order valence-corrected chi connectivity index (χ2v) is 4.62. The van der Waals surface area contributed by atoms with Crippen molar-refractivity contribution in [2.24, 2.45) is 0 Å². The average Bonchev–Trinajstić information content (AvgIpc) is 2.38. The van der Waals surface area contributed by atoms with Gasteiger partial charge in [-0.25, -0.2) is 4.98 Å². The van der Waals surface area contributed by atoms with Gasteiger partial charge in [0.05, 0.1) is 5.69 Å². The normalized spacial score (nSPS) is 10.2. The van der Waals surface area contributed by atoms with E-state index < -0.39 is 0 Å². The minimum atomic E-state index is 0.139. The molecule has 0 saturated carbocycles. The molecular weight excluding hydrogens is 240 g/mol. The lowest BCUT2D eigenvalue weighted by Gasteiger charge is -2.09. The van der Waals surface area contributed by atoms with Crippen LogP contribution >= 0.6 is 0 Å². The van der Waals surface area contributed by atoms with Crippen molar-refractivity contribution in [1.82, 2.24) is 10.3 Å². The van der Waals surface area contributed by atoms with Crippen molar-refractivity contribution in [2.45, 2.75) is 39.5 Å². The van der Waals surface area contributed by atoms with Crippen molar-refractivity contribution >= 4 is 17.4 Å². The Kier molecular flexibility index (Phi) is 6.71. The van der Waals surface area contributed by atoms with Gasteiger partial charge in [-0.3, -0.25) is 4.79 Å². The smallest absolute Gasteiger partial charge is 0.219 e. The molecule has 0 radical (unpaired) electrons. The Hall–Kier alpha value is -1.78. The van der Waals surface area contributed by atoms with E-state index >= 15 is 0 Å². The predicted molar refractivity (Wildman–Crippen MR) is 79.0 cm³/mol. The fourth-order valence-electron chi connectivity index (χ4n) is 1.71. The largest absolute Gasteiger partial charge is 0.396 e. The number of nitrogens with two attached hydrogens (primary N) is 1. The summed E-state index contributed by atoms with van der Waals surface area (Å²) in [6, 6.07) is 3.75. The Morgan fingerprint density at radius 3 is 2.79 bits per heavy atom. The zero-order valence-corrected chi connectivity index (χ0v) is 11.8. The van der Waals surface area contributed by atoms with Gasteiger partial charge in [-0.1, -0.05) is 6.92 Å². The minimum Gasteiger partial charge on any atom is -0.396 e. The van der Waals surface area contributed by atoms with E-state index in [1.54, 1.807) is 0 Å². The average molecular weight is 264 g/mol. The standard InChI is InChI=1S/C14H24N4O/c1-3-6-13(19)16-9-4-5-10-17-14-12(15)8-7-11(2)18-14/h7-8H,3-6,9-10,15H2,1-2H3,(H,16,19)(H,17,18). The first-order valence-corrected chi connectivity index (χ1v) is 6.87. The van der Waals surface area contributed by atoms with Crippen LogP contribution in [0.5, 0.6) is 0 Å². The molecule has 106 valence electrons. The number of pyridine rings is 1. The van der Waals surface area contributed by atoms with Crippen LogP contribution in [0.1, 0.15) is 38.3 Å². The molecule has 0 bridgehead atoms. The van der Waals surface area contributed by atoms with Gasteiger partial charge >= 0.3 is 0 Å². The summed E-state index contributed by atoms with van der Waals surface area (Å²) in [5, 5.41) is 6.11. The molecule has 1 rings (SSSR count). The highest BCUT2D eigenvalue weighted by molar-refractivity contribution is 5.75. The lowest BCUT2D eigenvalue weighted by Crippen LogP contribution is -2.24. The van der Waals surface area contributed by atoms with Crippen molar-refractivity contribution in [2.75, 3.05) is 24.1 Å². The molecule has 1 aromatic rings. The Bertz CT molecular complexity index is 406. The van der Waals surface area contributed by atoms with E-state index in [1.807, 2.05) is 26.0 Å². The second-order valence-electron chi connectivity index (χ2n) is 4.62. The van der Waals surface area contributed by atoms with Gasteiger partial charge in [0.2, 0.25) is 5.91 Å². The second kappa shape index (κ2) is 8.34. The van der Waals surface area contributed by atoms with E-state index in [0.717, 1.165) is 43.9 Å². The molecule has 1 aromatic heterocycles. The molecule has 0 aliphatic heterocycles. The van der Waals surface area contributed by atoms with Gasteiger partial charge in [0.25, 0.3) is 0 Å². The number of carbonyl (C=O) groups excluding carboxylic acids is 1. The van der Waals surface area contributed by atoms with Gasteiger partial charge in [-0.2, -0.15) is 0 Å². The maximum absolute atomic E-state index is 11.2. The summed E-state index contributed by atoms with van der Waals surface area (Å²) in [7, 11) is 0. The maximum Gasteiger partial charge on any atom is 0.219 e. The van der Waals surface area contributed by atoms with Crippen LogP contribution in [0.4, 0.5) is 11.5 Å². The van der Waals surface area contributed by atoms with Crippen LogP contribution in [-0.4, -0.2) is 24.0 Å². The first-order chi connectivity index (χ1) is 9.13. The quantitative estimate of drug-likeness (QED) is 0.628. The number of hydrogen-bond donors (Lipinski definition) is 3. The number of rotatable bonds is 8. The molecule has 0 unspecified atom stereocenters. The van der Waals surface area contributed by atoms with Crippen molar-refractivity contribution in [3.8, 4) is 0 Å². The molecule has 1 heterocycles. The molecule has 4 N–H and O–H groups in total. The summed E-state index contributed by atoms with van der Waals surface area (Å²) >= 11 is 0. The molecule has 0 fully saturated rings. The van der Waals surface area contributed by atoms with E-state index in [1.165, 1.54) is 0 Å². The summed E-state index contributed by atoms with van der Waals surface area (Å²) in [4.78, 5) is 15.6. The Balaban J connectivity index is 2.14. The number of nitrogens with one attached hydrogen (secondary N) is 2. The zero-order valence-electron chi connectivity index (χ0n) is 11.8. The number of unbranched alkanes of at least 4 members (excludes halogenated alkanes) is 1. The third kappa shape index (κ3) is 6.08. The lowest BCUT2D eigenvalue weighted by atomic mass is 10.2. The molecule has 5 heteroatoms. The number of aryl methyl sites for hydroxylation is 1. The number of carbonyl (C=O) groups is 1. The van der Waals surface area contributed by atoms with Crippen molar-refractivity contribution in [1.29, 1.82) is 0 Å². The van der Waals surface area contributed by atoms with Gasteiger partial charge in [0.1, 0.15) is 5.82 Å². The molecule has 1 amide bonds. The van der Waals surface area contributed by atoms with E-state index in [2.05, 4.69) is 15.6 Å². The first kappa shape index (κ1) is 15.3. The molecular formula is C14H24N4O. The van der Waals surface area contributed by atoms with E-state index in [0.29, 0.717) is 12.1 Å². The SMILES string of the molecule is CCCC(=O)NCCCCNc1nc(C)ccc1N. The van der Waals surface area contributed by atoms with Gasteiger partial charge in [0.15, 0.2) is 0 Å². The Labute approximate surface area is 115 Å². The number of nitrogen functional groups attached to an aromatic ring is 1. The van der Waals surface area contributed by atoms with E-state index in [4.69, 9.17) is 5.73 Å². The Morgan fingerprint density at radius 2 is 2.05 bits per heavy atom. The van der Waals surface area contributed by atoms with Crippen LogP contribution in [-0.2, 0) is 4.79 Å². The monoisotopic (exact) mass is 264 g/mol. The van der Waals surface area contributed by atoms with Crippen LogP contribution in [0.15, 0.2) is 12.1 Å². The predicted octanol–water partition coefficient (Wildman–Crippen LogP) is 2.08. The van der Waals surface area contributed by atoms with Gasteiger partial charge in [-0.05, 0) is 38.3 Å². The topological polar surface area (TPSA) is 80.0 Å². The Morgan fingerprint density at radius 1 is 1.32 bits per heavy atom.